The highest BCUT2D eigenvalue weighted by Crippen LogP contribution is 2.19. The lowest BCUT2D eigenvalue weighted by Crippen LogP contribution is -2.39. The number of hydrogen-bond acceptors (Lipinski definition) is 3. The van der Waals surface area contributed by atoms with Gasteiger partial charge in [-0.25, -0.2) is 0 Å². The largest absolute Gasteiger partial charge is 0.396 e. The lowest BCUT2D eigenvalue weighted by molar-refractivity contribution is -0.133. The smallest absolute Gasteiger partial charge is 0.222 e. The zero-order valence-corrected chi connectivity index (χ0v) is 11.6. The van der Waals surface area contributed by atoms with Gasteiger partial charge < -0.3 is 15.7 Å². The van der Waals surface area contributed by atoms with Gasteiger partial charge in [0.25, 0.3) is 0 Å². The number of nitrogens with zero attached hydrogens (tertiary/aromatic N) is 1. The first-order valence-corrected chi connectivity index (χ1v) is 7.29. The summed E-state index contributed by atoms with van der Waals surface area (Å²) >= 11 is 0. The zero-order chi connectivity index (χ0) is 13.4. The molecule has 18 heavy (non-hydrogen) atoms. The van der Waals surface area contributed by atoms with Crippen molar-refractivity contribution in [3.63, 3.8) is 0 Å². The van der Waals surface area contributed by atoms with Crippen LogP contribution in [-0.2, 0) is 4.79 Å². The van der Waals surface area contributed by atoms with E-state index >= 15 is 0 Å². The van der Waals surface area contributed by atoms with E-state index in [2.05, 4.69) is 6.92 Å². The molecule has 0 aromatic heterocycles. The summed E-state index contributed by atoms with van der Waals surface area (Å²) < 4.78 is 0. The second kappa shape index (κ2) is 8.48. The Labute approximate surface area is 111 Å². The molecule has 0 saturated carbocycles. The Bertz CT molecular complexity index is 238. The number of amides is 1. The molecule has 0 aromatic rings. The number of aliphatic hydroxyl groups excluding tert-OH is 1. The van der Waals surface area contributed by atoms with Crippen LogP contribution in [0.2, 0.25) is 0 Å². The second-order valence-corrected chi connectivity index (χ2v) is 5.40. The van der Waals surface area contributed by atoms with Gasteiger partial charge in [0.15, 0.2) is 0 Å². The minimum Gasteiger partial charge on any atom is -0.396 e. The fraction of sp³-hybridized carbons (Fsp3) is 0.929. The van der Waals surface area contributed by atoms with Crippen molar-refractivity contribution in [3.05, 3.63) is 0 Å². The van der Waals surface area contributed by atoms with Crippen LogP contribution >= 0.6 is 0 Å². The molecule has 1 rings (SSSR count). The van der Waals surface area contributed by atoms with Crippen LogP contribution < -0.4 is 5.73 Å². The standard InChI is InChI=1S/C14H28N2O2/c1-2-12(5-8-15)3-4-14(18)16-9-6-13(11-17)7-10-16/h12-13,17H,2-11,15H2,1H3. The Morgan fingerprint density at radius 3 is 2.56 bits per heavy atom. The van der Waals surface area contributed by atoms with Crippen molar-refractivity contribution in [2.45, 2.75) is 45.4 Å². The Morgan fingerprint density at radius 1 is 1.39 bits per heavy atom. The summed E-state index contributed by atoms with van der Waals surface area (Å²) in [6, 6.07) is 0. The molecule has 4 heteroatoms. The Morgan fingerprint density at radius 2 is 2.06 bits per heavy atom. The lowest BCUT2D eigenvalue weighted by atomic mass is 9.95. The van der Waals surface area contributed by atoms with Gasteiger partial charge in [0.2, 0.25) is 5.91 Å². The van der Waals surface area contributed by atoms with E-state index in [1.807, 2.05) is 4.90 Å². The quantitative estimate of drug-likeness (QED) is 0.723. The molecule has 0 spiro atoms. The van der Waals surface area contributed by atoms with Crippen molar-refractivity contribution < 1.29 is 9.90 Å². The van der Waals surface area contributed by atoms with Gasteiger partial charge in [-0.05, 0) is 44.1 Å². The number of carbonyl (C=O) groups excluding carboxylic acids is 1. The fourth-order valence-electron chi connectivity index (χ4n) is 2.64. The summed E-state index contributed by atoms with van der Waals surface area (Å²) in [4.78, 5) is 14.0. The van der Waals surface area contributed by atoms with Gasteiger partial charge in [-0.2, -0.15) is 0 Å². The molecule has 0 aromatic carbocycles. The molecule has 0 aliphatic carbocycles. The van der Waals surface area contributed by atoms with Crippen LogP contribution in [0.4, 0.5) is 0 Å². The predicted molar refractivity (Wildman–Crippen MR) is 73.1 cm³/mol. The third-order valence-corrected chi connectivity index (χ3v) is 4.14. The first-order valence-electron chi connectivity index (χ1n) is 7.29. The van der Waals surface area contributed by atoms with Crippen LogP contribution in [0.25, 0.3) is 0 Å². The molecule has 106 valence electrons. The summed E-state index contributed by atoms with van der Waals surface area (Å²) in [6.07, 6.45) is 5.65. The van der Waals surface area contributed by atoms with Crippen LogP contribution in [-0.4, -0.2) is 42.2 Å². The Balaban J connectivity index is 2.24. The molecule has 1 unspecified atom stereocenters. The van der Waals surface area contributed by atoms with E-state index in [0.29, 0.717) is 24.8 Å². The highest BCUT2D eigenvalue weighted by atomic mass is 16.3. The van der Waals surface area contributed by atoms with Crippen LogP contribution in [0.15, 0.2) is 0 Å². The zero-order valence-electron chi connectivity index (χ0n) is 11.6. The number of rotatable bonds is 7. The highest BCUT2D eigenvalue weighted by molar-refractivity contribution is 5.76. The number of aliphatic hydroxyl groups is 1. The van der Waals surface area contributed by atoms with E-state index < -0.39 is 0 Å². The fourth-order valence-corrected chi connectivity index (χ4v) is 2.64. The Kier molecular flexibility index (Phi) is 7.28. The van der Waals surface area contributed by atoms with E-state index in [4.69, 9.17) is 10.8 Å². The number of likely N-dealkylation sites (tertiary alicyclic amines) is 1. The van der Waals surface area contributed by atoms with Gasteiger partial charge in [-0.1, -0.05) is 13.3 Å². The Hall–Kier alpha value is -0.610. The maximum Gasteiger partial charge on any atom is 0.222 e. The molecule has 1 atom stereocenters. The van der Waals surface area contributed by atoms with Crippen molar-refractivity contribution in [2.24, 2.45) is 17.6 Å². The molecular weight excluding hydrogens is 228 g/mol. The monoisotopic (exact) mass is 256 g/mol. The first-order chi connectivity index (χ1) is 8.71. The molecule has 0 radical (unpaired) electrons. The second-order valence-electron chi connectivity index (χ2n) is 5.40. The van der Waals surface area contributed by atoms with E-state index in [1.165, 1.54) is 0 Å². The van der Waals surface area contributed by atoms with Crippen LogP contribution in [0.3, 0.4) is 0 Å². The normalized spacial score (nSPS) is 18.9. The number of piperidine rings is 1. The van der Waals surface area contributed by atoms with Gasteiger partial charge in [-0.3, -0.25) is 4.79 Å². The summed E-state index contributed by atoms with van der Waals surface area (Å²) in [5, 5.41) is 9.07. The van der Waals surface area contributed by atoms with Crippen LogP contribution in [0.1, 0.15) is 45.4 Å². The molecule has 1 saturated heterocycles. The van der Waals surface area contributed by atoms with E-state index in [0.717, 1.165) is 45.2 Å². The van der Waals surface area contributed by atoms with E-state index in [9.17, 15) is 4.79 Å². The van der Waals surface area contributed by atoms with Crippen molar-refractivity contribution >= 4 is 5.91 Å². The molecular formula is C14H28N2O2. The average molecular weight is 256 g/mol. The van der Waals surface area contributed by atoms with Crippen molar-refractivity contribution in [1.82, 2.24) is 4.90 Å². The maximum atomic E-state index is 12.0. The molecule has 1 aliphatic heterocycles. The summed E-state index contributed by atoms with van der Waals surface area (Å²) in [5.74, 6) is 1.27. The van der Waals surface area contributed by atoms with Gasteiger partial charge in [0.05, 0.1) is 0 Å². The molecule has 1 fully saturated rings. The third kappa shape index (κ3) is 4.94. The summed E-state index contributed by atoms with van der Waals surface area (Å²) in [7, 11) is 0. The molecule has 1 aliphatic rings. The van der Waals surface area contributed by atoms with Crippen molar-refractivity contribution in [2.75, 3.05) is 26.2 Å². The highest BCUT2D eigenvalue weighted by Gasteiger charge is 2.22. The molecule has 1 amide bonds. The van der Waals surface area contributed by atoms with Crippen LogP contribution in [0.5, 0.6) is 0 Å². The molecule has 4 nitrogen and oxygen atoms in total. The van der Waals surface area contributed by atoms with Gasteiger partial charge in [0.1, 0.15) is 0 Å². The van der Waals surface area contributed by atoms with Gasteiger partial charge >= 0.3 is 0 Å². The third-order valence-electron chi connectivity index (χ3n) is 4.14. The van der Waals surface area contributed by atoms with Gasteiger partial charge in [0, 0.05) is 26.1 Å². The predicted octanol–water partition coefficient (Wildman–Crippen LogP) is 1.37. The molecule has 3 N–H and O–H groups in total. The lowest BCUT2D eigenvalue weighted by Gasteiger charge is -2.31. The first kappa shape index (κ1) is 15.4. The topological polar surface area (TPSA) is 66.6 Å². The minimum atomic E-state index is 0.260. The number of nitrogens with two attached hydrogens (primary N) is 1. The van der Waals surface area contributed by atoms with E-state index in [1.54, 1.807) is 0 Å². The van der Waals surface area contributed by atoms with Gasteiger partial charge in [-0.15, -0.1) is 0 Å². The number of hydrogen-bond donors (Lipinski definition) is 2. The minimum absolute atomic E-state index is 0.260. The summed E-state index contributed by atoms with van der Waals surface area (Å²) in [6.45, 7) is 4.78. The maximum absolute atomic E-state index is 12.0. The summed E-state index contributed by atoms with van der Waals surface area (Å²) in [5.41, 5.74) is 5.57. The SMILES string of the molecule is CCC(CCN)CCC(=O)N1CCC(CO)CC1. The molecule has 0 bridgehead atoms. The van der Waals surface area contributed by atoms with Crippen molar-refractivity contribution in [1.29, 1.82) is 0 Å². The van der Waals surface area contributed by atoms with Crippen molar-refractivity contribution in [3.8, 4) is 0 Å². The molecule has 1 heterocycles. The number of carbonyl (C=O) groups is 1. The van der Waals surface area contributed by atoms with Crippen LogP contribution in [0, 0.1) is 11.8 Å². The average Bonchev–Trinajstić information content (AvgIpc) is 2.43. The van der Waals surface area contributed by atoms with E-state index in [-0.39, 0.29) is 12.5 Å².